The lowest BCUT2D eigenvalue weighted by Gasteiger charge is -2.10. The molecule has 2 rings (SSSR count). The highest BCUT2D eigenvalue weighted by atomic mass is 32.1. The normalized spacial score (nSPS) is 10.9. The van der Waals surface area contributed by atoms with Gasteiger partial charge >= 0.3 is 4.87 Å². The van der Waals surface area contributed by atoms with Crippen molar-refractivity contribution in [2.24, 2.45) is 0 Å². The van der Waals surface area contributed by atoms with Gasteiger partial charge in [-0.25, -0.2) is 0 Å². The first kappa shape index (κ1) is 19.2. The predicted molar refractivity (Wildman–Crippen MR) is 102 cm³/mol. The number of carbonyl (C=O) groups excluding carboxylic acids is 1. The number of hydrogen-bond acceptors (Lipinski definition) is 4. The Labute approximate surface area is 152 Å². The number of ether oxygens (including phenoxy) is 1. The minimum absolute atomic E-state index is 0.00372. The van der Waals surface area contributed by atoms with Crippen molar-refractivity contribution in [1.29, 1.82) is 0 Å². The molecule has 0 aliphatic rings. The Kier molecular flexibility index (Phi) is 6.82. The average Bonchev–Trinajstić information content (AvgIpc) is 2.82. The summed E-state index contributed by atoms with van der Waals surface area (Å²) in [7, 11) is 0. The Hall–Kier alpha value is -2.08. The molecule has 136 valence electrons. The topological polar surface area (TPSA) is 60.3 Å². The minimum atomic E-state index is -0.0751. The van der Waals surface area contributed by atoms with Gasteiger partial charge < -0.3 is 14.6 Å². The lowest BCUT2D eigenvalue weighted by molar-refractivity contribution is -0.121. The highest BCUT2D eigenvalue weighted by Crippen LogP contribution is 2.18. The third kappa shape index (κ3) is 5.46. The second kappa shape index (κ2) is 8.85. The molecule has 0 unspecified atom stereocenters. The quantitative estimate of drug-likeness (QED) is 0.734. The van der Waals surface area contributed by atoms with Crippen molar-refractivity contribution < 1.29 is 9.53 Å². The fraction of sp³-hybridized carbons (Fsp3) is 0.474. The molecule has 0 spiro atoms. The molecule has 0 fully saturated rings. The summed E-state index contributed by atoms with van der Waals surface area (Å²) in [5.74, 6) is 1.22. The van der Waals surface area contributed by atoms with Crippen molar-refractivity contribution >= 4 is 17.2 Å². The number of hydrogen-bond donors (Lipinski definition) is 1. The second-order valence-electron chi connectivity index (χ2n) is 6.33. The van der Waals surface area contributed by atoms with Crippen molar-refractivity contribution in [1.82, 2.24) is 9.88 Å². The van der Waals surface area contributed by atoms with Crippen LogP contribution in [0.2, 0.25) is 0 Å². The van der Waals surface area contributed by atoms with Crippen LogP contribution in [0.15, 0.2) is 29.1 Å². The van der Waals surface area contributed by atoms with Crippen LogP contribution in [0.4, 0.5) is 0 Å². The summed E-state index contributed by atoms with van der Waals surface area (Å²) in [6, 6.07) is 8.01. The van der Waals surface area contributed by atoms with Crippen LogP contribution in [0.1, 0.15) is 42.3 Å². The summed E-state index contributed by atoms with van der Waals surface area (Å²) in [4.78, 5) is 24.7. The Morgan fingerprint density at radius 3 is 2.48 bits per heavy atom. The van der Waals surface area contributed by atoms with Gasteiger partial charge in [0.05, 0.1) is 6.54 Å². The van der Waals surface area contributed by atoms with E-state index in [1.165, 1.54) is 16.9 Å². The van der Waals surface area contributed by atoms with Crippen molar-refractivity contribution in [3.05, 3.63) is 50.1 Å². The predicted octanol–water partition coefficient (Wildman–Crippen LogP) is 3.24. The molecule has 0 saturated heterocycles. The SMILES string of the molecule is Cc1sc(=O)n(CCC(=O)NCCOc2ccc(C(C)C)cc2)c1C. The van der Waals surface area contributed by atoms with Crippen molar-refractivity contribution in [2.75, 3.05) is 13.2 Å². The van der Waals surface area contributed by atoms with E-state index in [9.17, 15) is 9.59 Å². The standard InChI is InChI=1S/C19H26N2O3S/c1-13(2)16-5-7-17(8-6-16)24-12-10-20-18(22)9-11-21-14(3)15(4)25-19(21)23/h5-8,13H,9-12H2,1-4H3,(H,20,22). The molecule has 0 aliphatic carbocycles. The van der Waals surface area contributed by atoms with Gasteiger partial charge in [-0.2, -0.15) is 0 Å². The number of thiazole rings is 1. The lowest BCUT2D eigenvalue weighted by atomic mass is 10.0. The Morgan fingerprint density at radius 2 is 1.92 bits per heavy atom. The third-order valence-corrected chi connectivity index (χ3v) is 5.17. The molecule has 0 radical (unpaired) electrons. The van der Waals surface area contributed by atoms with E-state index in [0.29, 0.717) is 32.0 Å². The molecule has 1 heterocycles. The van der Waals surface area contributed by atoms with Gasteiger partial charge in [0.1, 0.15) is 12.4 Å². The average molecular weight is 362 g/mol. The molecule has 5 nitrogen and oxygen atoms in total. The molecular formula is C19H26N2O3S. The maximum Gasteiger partial charge on any atom is 0.307 e. The molecule has 1 aromatic carbocycles. The van der Waals surface area contributed by atoms with E-state index in [2.05, 4.69) is 31.3 Å². The second-order valence-corrected chi connectivity index (χ2v) is 7.50. The molecule has 25 heavy (non-hydrogen) atoms. The van der Waals surface area contributed by atoms with E-state index in [-0.39, 0.29) is 10.8 Å². The smallest absolute Gasteiger partial charge is 0.307 e. The monoisotopic (exact) mass is 362 g/mol. The van der Waals surface area contributed by atoms with E-state index in [4.69, 9.17) is 4.74 Å². The Balaban J connectivity index is 1.69. The van der Waals surface area contributed by atoms with E-state index in [1.807, 2.05) is 26.0 Å². The Bertz CT molecular complexity index is 760. The van der Waals surface area contributed by atoms with Crippen LogP contribution in [0.5, 0.6) is 5.75 Å². The highest BCUT2D eigenvalue weighted by molar-refractivity contribution is 7.09. The maximum absolute atomic E-state index is 11.9. The Morgan fingerprint density at radius 1 is 1.24 bits per heavy atom. The van der Waals surface area contributed by atoms with Crippen LogP contribution in [0, 0.1) is 13.8 Å². The first-order chi connectivity index (χ1) is 11.9. The van der Waals surface area contributed by atoms with Gasteiger partial charge in [-0.1, -0.05) is 37.3 Å². The van der Waals surface area contributed by atoms with Gasteiger partial charge in [-0.05, 0) is 37.5 Å². The van der Waals surface area contributed by atoms with Gasteiger partial charge in [0.15, 0.2) is 0 Å². The minimum Gasteiger partial charge on any atom is -0.492 e. The van der Waals surface area contributed by atoms with Crippen molar-refractivity contribution in [3.63, 3.8) is 0 Å². The molecule has 2 aromatic rings. The van der Waals surface area contributed by atoms with Crippen LogP contribution in [0.25, 0.3) is 0 Å². The molecule has 6 heteroatoms. The van der Waals surface area contributed by atoms with Gasteiger partial charge in [0.25, 0.3) is 0 Å². The molecule has 1 N–H and O–H groups in total. The highest BCUT2D eigenvalue weighted by Gasteiger charge is 2.09. The van der Waals surface area contributed by atoms with Gasteiger partial charge in [0, 0.05) is 23.5 Å². The largest absolute Gasteiger partial charge is 0.492 e. The fourth-order valence-electron chi connectivity index (χ4n) is 2.46. The molecule has 0 saturated carbocycles. The van der Waals surface area contributed by atoms with Crippen LogP contribution >= 0.6 is 11.3 Å². The summed E-state index contributed by atoms with van der Waals surface area (Å²) in [6.45, 7) is 9.41. The molecule has 1 aromatic heterocycles. The third-order valence-electron chi connectivity index (χ3n) is 4.18. The summed E-state index contributed by atoms with van der Waals surface area (Å²) < 4.78 is 7.29. The molecule has 0 bridgehead atoms. The molecule has 0 atom stereocenters. The number of amides is 1. The first-order valence-electron chi connectivity index (χ1n) is 8.54. The van der Waals surface area contributed by atoms with Crippen molar-refractivity contribution in [2.45, 2.75) is 46.6 Å². The zero-order valence-electron chi connectivity index (χ0n) is 15.3. The number of rotatable bonds is 8. The van der Waals surface area contributed by atoms with Crippen LogP contribution < -0.4 is 14.9 Å². The van der Waals surface area contributed by atoms with E-state index >= 15 is 0 Å². The number of benzene rings is 1. The number of nitrogens with one attached hydrogen (secondary N) is 1. The molecule has 0 aliphatic heterocycles. The zero-order chi connectivity index (χ0) is 18.4. The van der Waals surface area contributed by atoms with Crippen molar-refractivity contribution in [3.8, 4) is 5.75 Å². The fourth-order valence-corrected chi connectivity index (χ4v) is 3.31. The summed E-state index contributed by atoms with van der Waals surface area (Å²) >= 11 is 1.22. The van der Waals surface area contributed by atoms with Crippen LogP contribution in [-0.4, -0.2) is 23.6 Å². The van der Waals surface area contributed by atoms with Crippen LogP contribution in [0.3, 0.4) is 0 Å². The molecule has 1 amide bonds. The molecular weight excluding hydrogens is 336 g/mol. The van der Waals surface area contributed by atoms with Gasteiger partial charge in [0.2, 0.25) is 5.91 Å². The van der Waals surface area contributed by atoms with E-state index in [0.717, 1.165) is 16.3 Å². The lowest BCUT2D eigenvalue weighted by Crippen LogP contribution is -2.29. The van der Waals surface area contributed by atoms with E-state index < -0.39 is 0 Å². The summed E-state index contributed by atoms with van der Waals surface area (Å²) in [5, 5.41) is 2.82. The van der Waals surface area contributed by atoms with E-state index in [1.54, 1.807) is 4.57 Å². The van der Waals surface area contributed by atoms with Gasteiger partial charge in [-0.15, -0.1) is 0 Å². The zero-order valence-corrected chi connectivity index (χ0v) is 16.1. The maximum atomic E-state index is 11.9. The summed E-state index contributed by atoms with van der Waals surface area (Å²) in [6.07, 6.45) is 0.292. The van der Waals surface area contributed by atoms with Crippen LogP contribution in [-0.2, 0) is 11.3 Å². The number of nitrogens with zero attached hydrogens (tertiary/aromatic N) is 1. The number of aryl methyl sites for hydroxylation is 1. The number of aromatic nitrogens is 1. The van der Waals surface area contributed by atoms with Gasteiger partial charge in [-0.3, -0.25) is 9.59 Å². The summed E-state index contributed by atoms with van der Waals surface area (Å²) in [5.41, 5.74) is 2.21. The first-order valence-corrected chi connectivity index (χ1v) is 9.36. The number of carbonyl (C=O) groups is 1.